The van der Waals surface area contributed by atoms with Gasteiger partial charge >= 0.3 is 0 Å². The number of anilines is 1. The third kappa shape index (κ3) is 4.22. The quantitative estimate of drug-likeness (QED) is 0.440. The third-order valence-electron chi connectivity index (χ3n) is 4.37. The Labute approximate surface area is 172 Å². The molecule has 3 aromatic carbocycles. The smallest absolute Gasteiger partial charge is 0.247 e. The SMILES string of the molecule is COc1ccc(N[C@@H](c2ccc(F)cc2)c2nnc(-c3ccccc3)o2)cc1Cl. The van der Waals surface area contributed by atoms with E-state index in [2.05, 4.69) is 15.5 Å². The van der Waals surface area contributed by atoms with Crippen molar-refractivity contribution in [1.82, 2.24) is 10.2 Å². The van der Waals surface area contributed by atoms with Crippen LogP contribution in [0, 0.1) is 5.82 Å². The van der Waals surface area contributed by atoms with Crippen LogP contribution in [0.25, 0.3) is 11.5 Å². The predicted molar refractivity (Wildman–Crippen MR) is 110 cm³/mol. The molecule has 0 aliphatic heterocycles. The molecule has 29 heavy (non-hydrogen) atoms. The molecule has 0 fully saturated rings. The Morgan fingerprint density at radius 3 is 2.45 bits per heavy atom. The first-order valence-corrected chi connectivity index (χ1v) is 9.26. The summed E-state index contributed by atoms with van der Waals surface area (Å²) in [5.41, 5.74) is 2.31. The highest BCUT2D eigenvalue weighted by atomic mass is 35.5. The fourth-order valence-corrected chi connectivity index (χ4v) is 3.17. The first-order valence-electron chi connectivity index (χ1n) is 8.88. The van der Waals surface area contributed by atoms with Gasteiger partial charge in [-0.25, -0.2) is 4.39 Å². The van der Waals surface area contributed by atoms with E-state index in [9.17, 15) is 4.39 Å². The number of nitrogens with zero attached hydrogens (tertiary/aromatic N) is 2. The van der Waals surface area contributed by atoms with Crippen molar-refractivity contribution in [2.75, 3.05) is 12.4 Å². The third-order valence-corrected chi connectivity index (χ3v) is 4.67. The maximum atomic E-state index is 13.4. The number of nitrogens with one attached hydrogen (secondary N) is 1. The van der Waals surface area contributed by atoms with Crippen molar-refractivity contribution in [2.45, 2.75) is 6.04 Å². The zero-order chi connectivity index (χ0) is 20.2. The van der Waals surface area contributed by atoms with E-state index in [0.29, 0.717) is 22.6 Å². The normalized spacial score (nSPS) is 11.8. The van der Waals surface area contributed by atoms with Crippen LogP contribution in [0.15, 0.2) is 77.2 Å². The van der Waals surface area contributed by atoms with Crippen molar-refractivity contribution in [2.24, 2.45) is 0 Å². The largest absolute Gasteiger partial charge is 0.495 e. The Hall–Kier alpha value is -3.38. The minimum Gasteiger partial charge on any atom is -0.495 e. The molecule has 0 radical (unpaired) electrons. The van der Waals surface area contributed by atoms with Gasteiger partial charge in [-0.2, -0.15) is 0 Å². The summed E-state index contributed by atoms with van der Waals surface area (Å²) < 4.78 is 24.6. The molecule has 0 saturated carbocycles. The number of ether oxygens (including phenoxy) is 1. The van der Waals surface area contributed by atoms with Gasteiger partial charge in [0.05, 0.1) is 12.1 Å². The van der Waals surface area contributed by atoms with Crippen molar-refractivity contribution in [3.8, 4) is 17.2 Å². The Kier molecular flexibility index (Phi) is 5.44. The Bertz CT molecular complexity index is 1100. The molecular formula is C22H17ClFN3O2. The van der Waals surface area contributed by atoms with Crippen LogP contribution in [0.5, 0.6) is 5.75 Å². The van der Waals surface area contributed by atoms with Crippen LogP contribution in [0.4, 0.5) is 10.1 Å². The van der Waals surface area contributed by atoms with E-state index in [0.717, 1.165) is 16.8 Å². The summed E-state index contributed by atoms with van der Waals surface area (Å²) in [6.07, 6.45) is 0. The van der Waals surface area contributed by atoms with E-state index >= 15 is 0 Å². The van der Waals surface area contributed by atoms with E-state index in [1.807, 2.05) is 36.4 Å². The average molecular weight is 410 g/mol. The van der Waals surface area contributed by atoms with Crippen molar-refractivity contribution in [3.63, 3.8) is 0 Å². The second-order valence-electron chi connectivity index (χ2n) is 6.29. The number of benzene rings is 3. The van der Waals surface area contributed by atoms with Crippen LogP contribution in [-0.2, 0) is 0 Å². The molecule has 0 spiro atoms. The lowest BCUT2D eigenvalue weighted by Gasteiger charge is -2.18. The van der Waals surface area contributed by atoms with Crippen LogP contribution in [0.3, 0.4) is 0 Å². The average Bonchev–Trinajstić information content (AvgIpc) is 3.23. The highest BCUT2D eigenvalue weighted by Gasteiger charge is 2.22. The molecule has 1 aromatic heterocycles. The van der Waals surface area contributed by atoms with E-state index in [1.54, 1.807) is 31.4 Å². The van der Waals surface area contributed by atoms with Gasteiger partial charge in [-0.05, 0) is 48.0 Å². The fourth-order valence-electron chi connectivity index (χ4n) is 2.91. The molecule has 0 aliphatic rings. The zero-order valence-corrected chi connectivity index (χ0v) is 16.2. The second-order valence-corrected chi connectivity index (χ2v) is 6.70. The van der Waals surface area contributed by atoms with Gasteiger partial charge < -0.3 is 14.5 Å². The van der Waals surface area contributed by atoms with Gasteiger partial charge in [0, 0.05) is 11.3 Å². The lowest BCUT2D eigenvalue weighted by atomic mass is 10.1. The monoisotopic (exact) mass is 409 g/mol. The topological polar surface area (TPSA) is 60.2 Å². The summed E-state index contributed by atoms with van der Waals surface area (Å²) in [5.74, 6) is 1.000. The maximum absolute atomic E-state index is 13.4. The number of rotatable bonds is 6. The first-order chi connectivity index (χ1) is 14.1. The highest BCUT2D eigenvalue weighted by molar-refractivity contribution is 6.32. The summed E-state index contributed by atoms with van der Waals surface area (Å²) in [7, 11) is 1.55. The van der Waals surface area contributed by atoms with Crippen LogP contribution < -0.4 is 10.1 Å². The van der Waals surface area contributed by atoms with Gasteiger partial charge in [-0.3, -0.25) is 0 Å². The lowest BCUT2D eigenvalue weighted by Crippen LogP contribution is -2.13. The molecule has 1 heterocycles. The Balaban J connectivity index is 1.70. The van der Waals surface area contributed by atoms with Crippen LogP contribution in [0.2, 0.25) is 5.02 Å². The highest BCUT2D eigenvalue weighted by Crippen LogP contribution is 2.32. The summed E-state index contributed by atoms with van der Waals surface area (Å²) in [5, 5.41) is 12.2. The molecular weight excluding hydrogens is 393 g/mol. The predicted octanol–water partition coefficient (Wildman–Crippen LogP) is 5.74. The molecule has 146 valence electrons. The second kappa shape index (κ2) is 8.32. The van der Waals surface area contributed by atoms with Gasteiger partial charge in [-0.15, -0.1) is 10.2 Å². The number of halogens is 2. The van der Waals surface area contributed by atoms with Crippen LogP contribution in [0.1, 0.15) is 17.5 Å². The molecule has 0 unspecified atom stereocenters. The fraction of sp³-hybridized carbons (Fsp3) is 0.0909. The van der Waals surface area contributed by atoms with E-state index in [-0.39, 0.29) is 5.82 Å². The van der Waals surface area contributed by atoms with E-state index < -0.39 is 6.04 Å². The first kappa shape index (κ1) is 19.0. The molecule has 4 rings (SSSR count). The van der Waals surface area contributed by atoms with Crippen molar-refractivity contribution in [3.05, 3.63) is 95.1 Å². The molecule has 1 N–H and O–H groups in total. The summed E-state index contributed by atoms with van der Waals surface area (Å²) in [4.78, 5) is 0. The van der Waals surface area contributed by atoms with Gasteiger partial charge in [0.15, 0.2) is 0 Å². The molecule has 7 heteroatoms. The Morgan fingerprint density at radius 1 is 1.00 bits per heavy atom. The molecule has 4 aromatic rings. The summed E-state index contributed by atoms with van der Waals surface area (Å²) in [6, 6.07) is 20.4. The number of hydrogen-bond acceptors (Lipinski definition) is 5. The van der Waals surface area contributed by atoms with Gasteiger partial charge in [0.1, 0.15) is 17.6 Å². The van der Waals surface area contributed by atoms with Gasteiger partial charge in [0.25, 0.3) is 0 Å². The van der Waals surface area contributed by atoms with Gasteiger partial charge in [0.2, 0.25) is 11.8 Å². The molecule has 0 amide bonds. The van der Waals surface area contributed by atoms with Gasteiger partial charge in [-0.1, -0.05) is 41.9 Å². The van der Waals surface area contributed by atoms with E-state index in [1.165, 1.54) is 12.1 Å². The maximum Gasteiger partial charge on any atom is 0.247 e. The Morgan fingerprint density at radius 2 is 1.76 bits per heavy atom. The number of hydrogen-bond donors (Lipinski definition) is 1. The van der Waals surface area contributed by atoms with Crippen molar-refractivity contribution < 1.29 is 13.5 Å². The lowest BCUT2D eigenvalue weighted by molar-refractivity contribution is 0.415. The number of methoxy groups -OCH3 is 1. The molecule has 0 saturated heterocycles. The van der Waals surface area contributed by atoms with Crippen molar-refractivity contribution in [1.29, 1.82) is 0 Å². The molecule has 1 atom stereocenters. The number of aromatic nitrogens is 2. The van der Waals surface area contributed by atoms with Crippen molar-refractivity contribution >= 4 is 17.3 Å². The summed E-state index contributed by atoms with van der Waals surface area (Å²) in [6.45, 7) is 0. The van der Waals surface area contributed by atoms with E-state index in [4.69, 9.17) is 20.8 Å². The molecule has 5 nitrogen and oxygen atoms in total. The summed E-state index contributed by atoms with van der Waals surface area (Å²) >= 11 is 6.24. The van der Waals surface area contributed by atoms with Crippen LogP contribution in [-0.4, -0.2) is 17.3 Å². The zero-order valence-electron chi connectivity index (χ0n) is 15.5. The minimum atomic E-state index is -0.495. The molecule has 0 bridgehead atoms. The van der Waals surface area contributed by atoms with Crippen LogP contribution >= 0.6 is 11.6 Å². The minimum absolute atomic E-state index is 0.324. The standard InChI is InChI=1S/C22H17ClFN3O2/c1-28-19-12-11-17(13-18(19)23)25-20(14-7-9-16(24)10-8-14)22-27-26-21(29-22)15-5-3-2-4-6-15/h2-13,20,25H,1H3/t20-/m0/s1. The molecule has 0 aliphatic carbocycles.